The molecule has 0 saturated heterocycles. The molecule has 6 heteroatoms. The van der Waals surface area contributed by atoms with Crippen molar-refractivity contribution in [3.8, 4) is 0 Å². The van der Waals surface area contributed by atoms with Gasteiger partial charge in [0.2, 0.25) is 5.91 Å². The number of unbranched alkanes of at least 4 members (excludes halogenated alkanes) is 1. The summed E-state index contributed by atoms with van der Waals surface area (Å²) in [5, 5.41) is 3.13. The Morgan fingerprint density at radius 2 is 2.00 bits per heavy atom. The number of alkyl halides is 4. The van der Waals surface area contributed by atoms with Crippen molar-refractivity contribution >= 4 is 21.8 Å². The molecule has 0 aromatic carbocycles. The Balaban J connectivity index is 3.67. The topological polar surface area (TPSA) is 29.1 Å². The van der Waals surface area contributed by atoms with Crippen LogP contribution >= 0.6 is 15.9 Å². The molecule has 1 N–H and O–H groups in total. The maximum absolute atomic E-state index is 11.9. The molecule has 0 aliphatic carbocycles. The fourth-order valence-corrected chi connectivity index (χ4v) is 1.52. The van der Waals surface area contributed by atoms with E-state index in [1.807, 2.05) is 0 Å². The van der Waals surface area contributed by atoms with Crippen molar-refractivity contribution in [2.45, 2.75) is 44.8 Å². The smallest absolute Gasteiger partial charge is 0.353 e. The maximum Gasteiger partial charge on any atom is 0.391 e. The summed E-state index contributed by atoms with van der Waals surface area (Å²) in [6.45, 7) is 1.36. The van der Waals surface area contributed by atoms with Crippen LogP contribution in [0.15, 0.2) is 0 Å². The molecule has 0 aromatic rings. The Kier molecular flexibility index (Phi) is 6.96. The monoisotopic (exact) mass is 289 g/mol. The molecule has 90 valence electrons. The lowest BCUT2D eigenvalue weighted by atomic mass is 10.2. The van der Waals surface area contributed by atoms with Crippen LogP contribution in [0.2, 0.25) is 0 Å². The minimum Gasteiger partial charge on any atom is -0.353 e. The molecule has 0 aliphatic heterocycles. The van der Waals surface area contributed by atoms with Gasteiger partial charge in [-0.05, 0) is 19.8 Å². The van der Waals surface area contributed by atoms with Gasteiger partial charge in [0.25, 0.3) is 0 Å². The van der Waals surface area contributed by atoms with E-state index in [0.717, 1.165) is 11.8 Å². The summed E-state index contributed by atoms with van der Waals surface area (Å²) in [4.78, 5) is 11.1. The highest BCUT2D eigenvalue weighted by molar-refractivity contribution is 9.09. The third-order valence-electron chi connectivity index (χ3n) is 1.73. The average molecular weight is 290 g/mol. The molecule has 1 amide bonds. The molecule has 0 aliphatic rings. The molecule has 0 spiro atoms. The fourth-order valence-electron chi connectivity index (χ4n) is 1.13. The van der Waals surface area contributed by atoms with Gasteiger partial charge in [-0.3, -0.25) is 4.79 Å². The molecule has 0 bridgehead atoms. The normalized spacial score (nSPS) is 13.7. The molecule has 15 heavy (non-hydrogen) atoms. The summed E-state index contributed by atoms with van der Waals surface area (Å²) in [7, 11) is 0. The lowest BCUT2D eigenvalue weighted by Crippen LogP contribution is -2.35. The maximum atomic E-state index is 11.9. The van der Waals surface area contributed by atoms with Gasteiger partial charge >= 0.3 is 6.18 Å². The number of rotatable bonds is 6. The van der Waals surface area contributed by atoms with Crippen molar-refractivity contribution in [2.24, 2.45) is 0 Å². The van der Waals surface area contributed by atoms with Crippen molar-refractivity contribution in [1.29, 1.82) is 0 Å². The average Bonchev–Trinajstić information content (AvgIpc) is 2.00. The van der Waals surface area contributed by atoms with Gasteiger partial charge in [0.15, 0.2) is 0 Å². The molecule has 0 radical (unpaired) electrons. The Morgan fingerprint density at radius 3 is 2.47 bits per heavy atom. The van der Waals surface area contributed by atoms with Crippen molar-refractivity contribution in [3.63, 3.8) is 0 Å². The van der Waals surface area contributed by atoms with Gasteiger partial charge in [0.1, 0.15) is 0 Å². The van der Waals surface area contributed by atoms with Crippen LogP contribution in [0.5, 0.6) is 0 Å². The van der Waals surface area contributed by atoms with Gasteiger partial charge in [-0.15, -0.1) is 0 Å². The predicted octanol–water partition coefficient (Wildman–Crippen LogP) is 3.01. The predicted molar refractivity (Wildman–Crippen MR) is 55.9 cm³/mol. The highest BCUT2D eigenvalue weighted by Crippen LogP contribution is 2.21. The molecular weight excluding hydrogens is 275 g/mol. The largest absolute Gasteiger partial charge is 0.391 e. The number of carbonyl (C=O) groups is 1. The van der Waals surface area contributed by atoms with E-state index in [-0.39, 0.29) is 12.3 Å². The Morgan fingerprint density at radius 1 is 1.40 bits per heavy atom. The number of halogens is 4. The summed E-state index contributed by atoms with van der Waals surface area (Å²) in [6.07, 6.45) is -3.37. The third kappa shape index (κ3) is 10.0. The highest BCUT2D eigenvalue weighted by Gasteiger charge is 2.30. The van der Waals surface area contributed by atoms with E-state index in [2.05, 4.69) is 21.2 Å². The van der Waals surface area contributed by atoms with E-state index in [0.29, 0.717) is 6.42 Å². The molecule has 2 nitrogen and oxygen atoms in total. The van der Waals surface area contributed by atoms with Gasteiger partial charge in [-0.1, -0.05) is 15.9 Å². The van der Waals surface area contributed by atoms with Crippen LogP contribution in [0.3, 0.4) is 0 Å². The van der Waals surface area contributed by atoms with Crippen LogP contribution in [-0.2, 0) is 4.79 Å². The van der Waals surface area contributed by atoms with E-state index < -0.39 is 18.6 Å². The molecule has 0 saturated carbocycles. The van der Waals surface area contributed by atoms with Crippen molar-refractivity contribution in [1.82, 2.24) is 5.32 Å². The summed E-state index contributed by atoms with van der Waals surface area (Å²) < 4.78 is 35.7. The van der Waals surface area contributed by atoms with Crippen molar-refractivity contribution in [3.05, 3.63) is 0 Å². The zero-order valence-corrected chi connectivity index (χ0v) is 10.1. The van der Waals surface area contributed by atoms with Gasteiger partial charge < -0.3 is 5.32 Å². The van der Waals surface area contributed by atoms with Crippen LogP contribution in [-0.4, -0.2) is 23.5 Å². The first-order valence-electron chi connectivity index (χ1n) is 4.77. The summed E-state index contributed by atoms with van der Waals surface area (Å²) >= 11 is 3.21. The molecule has 1 unspecified atom stereocenters. The van der Waals surface area contributed by atoms with Crippen molar-refractivity contribution in [2.75, 3.05) is 5.33 Å². The minimum atomic E-state index is -4.22. The van der Waals surface area contributed by atoms with Crippen LogP contribution < -0.4 is 5.32 Å². The van der Waals surface area contributed by atoms with Crippen LogP contribution in [0.4, 0.5) is 13.2 Å². The number of amides is 1. The molecular formula is C9H15BrF3NO. The van der Waals surface area contributed by atoms with Gasteiger partial charge in [0, 0.05) is 17.8 Å². The van der Waals surface area contributed by atoms with Crippen LogP contribution in [0.25, 0.3) is 0 Å². The molecule has 0 rings (SSSR count). The number of hydrogen-bond donors (Lipinski definition) is 1. The van der Waals surface area contributed by atoms with Crippen LogP contribution in [0, 0.1) is 0 Å². The first-order chi connectivity index (χ1) is 6.85. The van der Waals surface area contributed by atoms with Gasteiger partial charge in [-0.2, -0.15) is 13.2 Å². The van der Waals surface area contributed by atoms with Gasteiger partial charge in [0.05, 0.1) is 6.42 Å². The lowest BCUT2D eigenvalue weighted by molar-refractivity contribution is -0.141. The molecule has 0 aromatic heterocycles. The van der Waals surface area contributed by atoms with E-state index in [4.69, 9.17) is 0 Å². The number of hydrogen-bond acceptors (Lipinski definition) is 1. The standard InChI is InChI=1S/C9H15BrF3NO/c1-7(6-9(11,12)13)14-8(15)4-2-3-5-10/h7H,2-6H2,1H3,(H,14,15). The zero-order chi connectivity index (χ0) is 11.9. The van der Waals surface area contributed by atoms with E-state index >= 15 is 0 Å². The Labute approximate surface area is 95.7 Å². The quantitative estimate of drug-likeness (QED) is 0.591. The summed E-state index contributed by atoms with van der Waals surface area (Å²) in [6, 6.07) is -0.846. The summed E-state index contributed by atoms with van der Waals surface area (Å²) in [5.74, 6) is -0.312. The second-order valence-electron chi connectivity index (χ2n) is 3.43. The van der Waals surface area contributed by atoms with E-state index in [9.17, 15) is 18.0 Å². The number of carbonyl (C=O) groups excluding carboxylic acids is 1. The second-order valence-corrected chi connectivity index (χ2v) is 4.23. The molecule has 0 fully saturated rings. The minimum absolute atomic E-state index is 0.286. The molecule has 1 atom stereocenters. The number of nitrogens with one attached hydrogen (secondary N) is 1. The zero-order valence-electron chi connectivity index (χ0n) is 8.53. The third-order valence-corrected chi connectivity index (χ3v) is 2.29. The highest BCUT2D eigenvalue weighted by atomic mass is 79.9. The lowest BCUT2D eigenvalue weighted by Gasteiger charge is -2.15. The van der Waals surface area contributed by atoms with E-state index in [1.54, 1.807) is 0 Å². The summed E-state index contributed by atoms with van der Waals surface area (Å²) in [5.41, 5.74) is 0. The van der Waals surface area contributed by atoms with Gasteiger partial charge in [-0.25, -0.2) is 0 Å². The first-order valence-corrected chi connectivity index (χ1v) is 5.89. The fraction of sp³-hybridized carbons (Fsp3) is 0.889. The Hall–Kier alpha value is -0.260. The van der Waals surface area contributed by atoms with Crippen LogP contribution in [0.1, 0.15) is 32.6 Å². The Bertz CT molecular complexity index is 196. The SMILES string of the molecule is CC(CC(F)(F)F)NC(=O)CCCCBr. The second kappa shape index (κ2) is 7.09. The molecule has 0 heterocycles. The first kappa shape index (κ1) is 14.7. The van der Waals surface area contributed by atoms with E-state index in [1.165, 1.54) is 6.92 Å². The van der Waals surface area contributed by atoms with Crippen molar-refractivity contribution < 1.29 is 18.0 Å².